The van der Waals surface area contributed by atoms with E-state index >= 15 is 0 Å². The molecule has 0 heterocycles. The molecule has 5 nitrogen and oxygen atoms in total. The highest BCUT2D eigenvalue weighted by atomic mass is 16.4. The number of hydrogen-bond acceptors (Lipinski definition) is 5. The molecule has 0 fully saturated rings. The third-order valence-electron chi connectivity index (χ3n) is 1.26. The molecule has 1 aromatic carbocycles. The van der Waals surface area contributed by atoms with Crippen LogP contribution in [0.25, 0.3) is 1.43 Å². The maximum absolute atomic E-state index is 11.0. The molecule has 1 rings (SSSR count). The second-order valence-electron chi connectivity index (χ2n) is 2.09. The number of hydrogen-bond donors (Lipinski definition) is 4. The summed E-state index contributed by atoms with van der Waals surface area (Å²) >= 11 is 0. The highest BCUT2D eigenvalue weighted by Gasteiger charge is 2.11. The lowest BCUT2D eigenvalue weighted by atomic mass is 10.2. The van der Waals surface area contributed by atoms with Gasteiger partial charge in [0.15, 0.2) is 17.2 Å². The summed E-state index contributed by atoms with van der Waals surface area (Å²) in [5.41, 5.74) is -0.166. The summed E-state index contributed by atoms with van der Waals surface area (Å²) in [6.07, 6.45) is 0. The molecule has 0 saturated heterocycles. The van der Waals surface area contributed by atoms with Crippen molar-refractivity contribution >= 4 is 5.97 Å². The molecule has 0 saturated carbocycles. The lowest BCUT2D eigenvalue weighted by Crippen LogP contribution is -1.95. The van der Waals surface area contributed by atoms with Gasteiger partial charge in [0.25, 0.3) is 5.72 Å². The predicted octanol–water partition coefficient (Wildman–Crippen LogP) is 0.502. The van der Waals surface area contributed by atoms with Gasteiger partial charge in [-0.05, 0) is 12.1 Å². The molecule has 0 amide bonds. The number of aromatic carboxylic acids is 1. The number of rotatable bonds is 4. The van der Waals surface area contributed by atoms with Crippen LogP contribution >= 0.6 is 0 Å². The fraction of sp³-hybridized carbons (Fsp3) is 0. The number of aromatic hydroxyl groups is 3. The summed E-state index contributed by atoms with van der Waals surface area (Å²) in [6.45, 7) is 0. The minimum Gasteiger partial charge on any atom is -0.504 e. The number of carboxylic acid groups (broad SMARTS) is 1. The highest BCUT2D eigenvalue weighted by molar-refractivity contribution is 5.89. The summed E-state index contributed by atoms with van der Waals surface area (Å²) in [4.78, 5) is 11.0. The van der Waals surface area contributed by atoms with E-state index < -0.39 is 5.97 Å². The molecule has 0 unspecified atom stereocenters. The van der Waals surface area contributed by atoms with E-state index in [4.69, 9.17) is 5.72 Å². The van der Waals surface area contributed by atoms with Crippen LogP contribution in [0.1, 0.15) is 10.4 Å². The van der Waals surface area contributed by atoms with Crippen molar-refractivity contribution < 1.29 is 25.2 Å². The maximum atomic E-state index is 11.0. The molecule has 0 aliphatic heterocycles. The van der Waals surface area contributed by atoms with Crippen molar-refractivity contribution in [1.82, 2.24) is 0 Å². The van der Waals surface area contributed by atoms with E-state index in [1.807, 2.05) is 0 Å². The van der Waals surface area contributed by atoms with E-state index in [1.165, 1.54) is 0 Å². The van der Waals surface area contributed by atoms with Gasteiger partial charge in [0, 0.05) is 0 Å². The van der Waals surface area contributed by atoms with Crippen molar-refractivity contribution in [2.24, 2.45) is 0 Å². The topological polar surface area (TPSA) is 98.0 Å². The van der Waals surface area contributed by atoms with Crippen LogP contribution in [-0.2, 0) is 0 Å². The third-order valence-corrected chi connectivity index (χ3v) is 1.26. The quantitative estimate of drug-likeness (QED) is 0.498. The van der Waals surface area contributed by atoms with Crippen molar-refractivity contribution in [3.63, 3.8) is 0 Å². The highest BCUT2D eigenvalue weighted by Crippen LogP contribution is 2.35. The molecule has 5 heteroatoms. The molecule has 0 bridgehead atoms. The molecule has 0 radical (unpaired) electrons. The third kappa shape index (κ3) is 1.24. The zero-order valence-corrected chi connectivity index (χ0v) is 5.70. The van der Waals surface area contributed by atoms with Gasteiger partial charge in [0.1, 0.15) is 0 Å². The molecule has 4 N–H and O–H groups in total. The Morgan fingerprint density at radius 3 is 2.33 bits per heavy atom. The molecule has 0 aromatic heterocycles. The second-order valence-corrected chi connectivity index (χ2v) is 2.09. The molecule has 64 valence electrons. The summed E-state index contributed by atoms with van der Waals surface area (Å²) in [7, 11) is 0. The molecule has 0 aliphatic rings. The SMILES string of the molecule is [2H]OC(=O)c1cc(O[2H])c(O[2H])c(O[2H])c1. The normalized spacial score (nSPS) is 13.0. The Hall–Kier alpha value is -1.91. The van der Waals surface area contributed by atoms with Gasteiger partial charge < -0.3 is 20.4 Å². The largest absolute Gasteiger partial charge is 0.504 e. The predicted molar refractivity (Wildman–Crippen MR) is 38.4 cm³/mol. The number of carbonyl (C=O) groups is 1. The van der Waals surface area contributed by atoms with Gasteiger partial charge in [-0.2, -0.15) is 0 Å². The van der Waals surface area contributed by atoms with E-state index in [2.05, 4.69) is 20.4 Å². The van der Waals surface area contributed by atoms with Crippen LogP contribution in [0, 0.1) is 0 Å². The molecule has 0 spiro atoms. The maximum Gasteiger partial charge on any atom is 0.335 e. The molecule has 0 atom stereocenters. The van der Waals surface area contributed by atoms with Crippen LogP contribution in [0.15, 0.2) is 12.1 Å². The molecule has 1 aromatic rings. The summed E-state index contributed by atoms with van der Waals surface area (Å²) in [6, 6.07) is 2.05. The zero-order valence-electron chi connectivity index (χ0n) is 9.70. The average molecular weight is 174 g/mol. The first-order chi connectivity index (χ1) is 7.67. The van der Waals surface area contributed by atoms with Crippen LogP contribution < -0.4 is 0 Å². The Balaban J connectivity index is 3.31. The van der Waals surface area contributed by atoms with Crippen molar-refractivity contribution in [3.05, 3.63) is 17.7 Å². The van der Waals surface area contributed by atoms with E-state index in [1.54, 1.807) is 0 Å². The van der Waals surface area contributed by atoms with Gasteiger partial charge in [-0.3, -0.25) is 0 Å². The average Bonchev–Trinajstić information content (AvgIpc) is 2.35. The summed E-state index contributed by atoms with van der Waals surface area (Å²) in [5.74, 6) is -1.96. The molecule has 0 aliphatic carbocycles. The van der Waals surface area contributed by atoms with Crippen LogP contribution in [0.3, 0.4) is 0 Å². The van der Waals surface area contributed by atoms with Crippen molar-refractivity contribution in [2.45, 2.75) is 0 Å². The van der Waals surface area contributed by atoms with Crippen molar-refractivity contribution in [3.8, 4) is 17.2 Å². The van der Waals surface area contributed by atoms with Gasteiger partial charge in [0.05, 0.1) is 5.56 Å². The fourth-order valence-electron chi connectivity index (χ4n) is 0.695. The van der Waals surface area contributed by atoms with Gasteiger partial charge >= 0.3 is 5.97 Å². The Kier molecular flexibility index (Phi) is 0.914. The van der Waals surface area contributed by atoms with Crippen molar-refractivity contribution in [2.75, 3.05) is 0 Å². The number of carboxylic acids is 1. The summed E-state index contributed by atoms with van der Waals surface area (Å²) < 4.78 is 26.4. The lowest BCUT2D eigenvalue weighted by Gasteiger charge is -2.01. The second kappa shape index (κ2) is 2.61. The Morgan fingerprint density at radius 2 is 1.92 bits per heavy atom. The fourth-order valence-corrected chi connectivity index (χ4v) is 0.695. The van der Waals surface area contributed by atoms with Crippen LogP contribution in [0.2, 0.25) is 0 Å². The standard InChI is InChI=1S/C7H6O5/c8-4-1-3(7(11)12)2-5(9)6(4)10/h1-2,8-10H,(H,11,12)/i/hD4. The zero-order chi connectivity index (χ0) is 12.1. The molecular weight excluding hydrogens is 164 g/mol. The minimum absolute atomic E-state index is 0.166. The number of phenolic OH excluding ortho intramolecular Hbond substituents is 3. The number of benzene rings is 1. The van der Waals surface area contributed by atoms with Gasteiger partial charge in [-0.25, -0.2) is 4.79 Å². The van der Waals surface area contributed by atoms with Crippen molar-refractivity contribution in [1.29, 1.82) is 5.72 Å². The van der Waals surface area contributed by atoms with Crippen LogP contribution in [-0.4, -0.2) is 30.7 Å². The van der Waals surface area contributed by atoms with Gasteiger partial charge in [0.2, 0.25) is 0 Å². The van der Waals surface area contributed by atoms with Gasteiger partial charge in [-0.15, -0.1) is 0 Å². The smallest absolute Gasteiger partial charge is 0.335 e. The van der Waals surface area contributed by atoms with E-state index in [0.29, 0.717) is 0 Å². The first-order valence-corrected chi connectivity index (χ1v) is 2.93. The van der Waals surface area contributed by atoms with E-state index in [9.17, 15) is 4.79 Å². The Labute approximate surface area is 73.1 Å². The van der Waals surface area contributed by atoms with Crippen LogP contribution in [0.4, 0.5) is 0 Å². The Morgan fingerprint density at radius 1 is 1.25 bits per heavy atom. The molecule has 12 heavy (non-hydrogen) atoms. The van der Waals surface area contributed by atoms with E-state index in [0.717, 1.165) is 12.1 Å². The molecular formula is C7H6O5. The first-order valence-electron chi connectivity index (χ1n) is 4.56. The number of phenols is 3. The Bertz CT molecular complexity index is 371. The minimum atomic E-state index is -1.02. The van der Waals surface area contributed by atoms with E-state index in [-0.39, 0.29) is 22.8 Å². The monoisotopic (exact) mass is 174 g/mol. The first kappa shape index (κ1) is 4.20. The lowest BCUT2D eigenvalue weighted by molar-refractivity contribution is 0.0696. The summed E-state index contributed by atoms with van der Waals surface area (Å²) in [5, 5.41) is 16.0. The van der Waals surface area contributed by atoms with Crippen LogP contribution in [0.5, 0.6) is 17.2 Å². The van der Waals surface area contributed by atoms with Gasteiger partial charge in [-0.1, -0.05) is 0 Å².